The molecule has 1 unspecified atom stereocenters. The van der Waals surface area contributed by atoms with Crippen LogP contribution in [0.25, 0.3) is 21.7 Å². The first-order valence-electron chi connectivity index (χ1n) is 10.5. The van der Waals surface area contributed by atoms with Crippen molar-refractivity contribution in [2.75, 3.05) is 0 Å². The Morgan fingerprint density at radius 3 is 2.53 bits per heavy atom. The van der Waals surface area contributed by atoms with Gasteiger partial charge in [0.2, 0.25) is 0 Å². The van der Waals surface area contributed by atoms with Gasteiger partial charge in [-0.15, -0.1) is 11.3 Å². The number of benzene rings is 2. The number of aryl methyl sites for hydroxylation is 2. The quantitative estimate of drug-likeness (QED) is 0.303. The summed E-state index contributed by atoms with van der Waals surface area (Å²) in [5, 5.41) is 1.41. The summed E-state index contributed by atoms with van der Waals surface area (Å²) in [5.74, 6) is 0.391. The molecule has 0 amide bonds. The van der Waals surface area contributed by atoms with Crippen LogP contribution in [0.3, 0.4) is 0 Å². The highest BCUT2D eigenvalue weighted by molar-refractivity contribution is 9.11. The van der Waals surface area contributed by atoms with Crippen molar-refractivity contribution in [3.63, 3.8) is 0 Å². The maximum atomic E-state index is 4.01. The van der Waals surface area contributed by atoms with E-state index in [0.29, 0.717) is 5.92 Å². The van der Waals surface area contributed by atoms with Gasteiger partial charge in [-0.05, 0) is 95.6 Å². The van der Waals surface area contributed by atoms with Gasteiger partial charge in [-0.3, -0.25) is 0 Å². The van der Waals surface area contributed by atoms with Crippen LogP contribution in [0, 0.1) is 19.3 Å². The molecule has 0 saturated carbocycles. The second-order valence-electron chi connectivity index (χ2n) is 9.49. The molecule has 3 aromatic rings. The fraction of sp³-hybridized carbons (Fsp3) is 0.333. The normalized spacial score (nSPS) is 18.3. The predicted octanol–water partition coefficient (Wildman–Crippen LogP) is 9.60. The molecular weight excluding hydrogens is 516 g/mol. The Morgan fingerprint density at radius 2 is 1.80 bits per heavy atom. The molecule has 2 aliphatic rings. The van der Waals surface area contributed by atoms with Gasteiger partial charge >= 0.3 is 0 Å². The van der Waals surface area contributed by atoms with E-state index in [1.807, 2.05) is 11.3 Å². The van der Waals surface area contributed by atoms with Gasteiger partial charge in [0.25, 0.3) is 0 Å². The number of rotatable bonds is 2. The van der Waals surface area contributed by atoms with Crippen LogP contribution >= 0.6 is 43.2 Å². The van der Waals surface area contributed by atoms with Crippen molar-refractivity contribution >= 4 is 64.9 Å². The minimum absolute atomic E-state index is 0.0103. The molecule has 2 aliphatic carbocycles. The fourth-order valence-electron chi connectivity index (χ4n) is 6.01. The fourth-order valence-corrected chi connectivity index (χ4v) is 8.62. The van der Waals surface area contributed by atoms with E-state index < -0.39 is 0 Å². The lowest BCUT2D eigenvalue weighted by molar-refractivity contribution is 0.434. The largest absolute Gasteiger partial charge is 0.140 e. The highest BCUT2D eigenvalue weighted by Gasteiger charge is 2.43. The van der Waals surface area contributed by atoms with Gasteiger partial charge < -0.3 is 0 Å². The van der Waals surface area contributed by atoms with Crippen LogP contribution in [0.15, 0.2) is 44.4 Å². The summed E-state index contributed by atoms with van der Waals surface area (Å²) in [7, 11) is 0. The molecule has 2 aromatic carbocycles. The van der Waals surface area contributed by atoms with Crippen LogP contribution in [0.2, 0.25) is 0 Å². The molecule has 1 aromatic heterocycles. The molecule has 30 heavy (non-hydrogen) atoms. The van der Waals surface area contributed by atoms with Gasteiger partial charge in [-0.1, -0.05) is 59.1 Å². The topological polar surface area (TPSA) is 0 Å². The second-order valence-corrected chi connectivity index (χ2v) is 12.4. The predicted molar refractivity (Wildman–Crippen MR) is 140 cm³/mol. The number of thiophene rings is 1. The number of halogens is 2. The van der Waals surface area contributed by atoms with Crippen molar-refractivity contribution in [3.05, 3.63) is 77.1 Å². The van der Waals surface area contributed by atoms with E-state index in [1.165, 1.54) is 68.4 Å². The summed E-state index contributed by atoms with van der Waals surface area (Å²) >= 11 is 9.71. The van der Waals surface area contributed by atoms with Crippen LogP contribution in [-0.4, -0.2) is 0 Å². The van der Waals surface area contributed by atoms with Gasteiger partial charge in [0.15, 0.2) is 0 Å². The van der Waals surface area contributed by atoms with Crippen molar-refractivity contribution in [1.82, 2.24) is 0 Å². The lowest BCUT2D eigenvalue weighted by Gasteiger charge is -2.37. The van der Waals surface area contributed by atoms with Crippen LogP contribution < -0.4 is 0 Å². The van der Waals surface area contributed by atoms with Gasteiger partial charge in [-0.25, -0.2) is 0 Å². The Bertz CT molecular complexity index is 1300. The number of allylic oxidation sites excluding steroid dienone is 3. The molecule has 0 fully saturated rings. The zero-order valence-corrected chi connectivity index (χ0v) is 22.3. The molecule has 1 atom stereocenters. The van der Waals surface area contributed by atoms with Crippen LogP contribution in [0.5, 0.6) is 0 Å². The van der Waals surface area contributed by atoms with E-state index in [9.17, 15) is 0 Å². The smallest absolute Gasteiger partial charge is 0.0365 e. The Labute approximate surface area is 200 Å². The van der Waals surface area contributed by atoms with E-state index in [1.54, 1.807) is 0 Å². The summed E-state index contributed by atoms with van der Waals surface area (Å²) in [4.78, 5) is 1.42. The van der Waals surface area contributed by atoms with E-state index in [4.69, 9.17) is 0 Å². The van der Waals surface area contributed by atoms with Crippen molar-refractivity contribution in [1.29, 1.82) is 0 Å². The average molecular weight is 542 g/mol. The van der Waals surface area contributed by atoms with E-state index in [2.05, 4.69) is 104 Å². The SMILES string of the molecule is CC1=Cc2c(Br)cccc2C1C(C)(C)C1=C(C)Cc2c1cc1sc(C)c(C)c1c2Br. The molecule has 0 N–H and O–H groups in total. The average Bonchev–Trinajstić information content (AvgIpc) is 3.28. The van der Waals surface area contributed by atoms with E-state index in [-0.39, 0.29) is 5.41 Å². The summed E-state index contributed by atoms with van der Waals surface area (Å²) in [6, 6.07) is 9.13. The lowest BCUT2D eigenvalue weighted by atomic mass is 9.66. The van der Waals surface area contributed by atoms with Gasteiger partial charge in [0.1, 0.15) is 0 Å². The maximum absolute atomic E-state index is 4.01. The summed E-state index contributed by atoms with van der Waals surface area (Å²) in [6.07, 6.45) is 3.42. The highest BCUT2D eigenvalue weighted by Crippen LogP contribution is 2.58. The molecule has 0 spiro atoms. The molecule has 0 radical (unpaired) electrons. The molecule has 154 valence electrons. The molecule has 0 aliphatic heterocycles. The first kappa shape index (κ1) is 20.7. The molecule has 0 bridgehead atoms. The van der Waals surface area contributed by atoms with Crippen molar-refractivity contribution in [3.8, 4) is 0 Å². The molecular formula is C27H26Br2S. The molecule has 0 saturated heterocycles. The zero-order valence-electron chi connectivity index (χ0n) is 18.3. The number of hydrogen-bond acceptors (Lipinski definition) is 1. The van der Waals surface area contributed by atoms with Crippen molar-refractivity contribution in [2.24, 2.45) is 5.41 Å². The van der Waals surface area contributed by atoms with Gasteiger partial charge in [0, 0.05) is 35.2 Å². The highest BCUT2D eigenvalue weighted by atomic mass is 79.9. The third-order valence-corrected chi connectivity index (χ3v) is 9.95. The maximum Gasteiger partial charge on any atom is 0.0365 e. The third-order valence-electron chi connectivity index (χ3n) is 7.23. The zero-order chi connectivity index (χ0) is 21.5. The van der Waals surface area contributed by atoms with Crippen molar-refractivity contribution in [2.45, 2.75) is 53.9 Å². The first-order valence-corrected chi connectivity index (χ1v) is 12.9. The second kappa shape index (κ2) is 6.92. The Balaban J connectivity index is 1.71. The summed E-state index contributed by atoms with van der Waals surface area (Å²) in [6.45, 7) is 14.0. The summed E-state index contributed by atoms with van der Waals surface area (Å²) in [5.41, 5.74) is 11.7. The molecule has 1 heterocycles. The summed E-state index contributed by atoms with van der Waals surface area (Å²) < 4.78 is 3.91. The molecule has 5 rings (SSSR count). The van der Waals surface area contributed by atoms with Crippen LogP contribution in [-0.2, 0) is 6.42 Å². The Hall–Kier alpha value is -1.16. The van der Waals surface area contributed by atoms with Gasteiger partial charge in [-0.2, -0.15) is 0 Å². The first-order chi connectivity index (χ1) is 14.1. The van der Waals surface area contributed by atoms with Crippen molar-refractivity contribution < 1.29 is 0 Å². The minimum atomic E-state index is 0.0103. The minimum Gasteiger partial charge on any atom is -0.140 e. The molecule has 0 nitrogen and oxygen atoms in total. The third kappa shape index (κ3) is 2.74. The standard InChI is InChI=1S/C27H26Br2S/c1-13-10-18-17(8-7-9-21(18)28)24(13)27(5,6)25-14(2)11-20-19(25)12-22-23(26(20)29)15(3)16(4)30-22/h7-10,12,24H,11H2,1-6H3. The Kier molecular flexibility index (Phi) is 4.78. The number of fused-ring (bicyclic) bond motifs is 3. The van der Waals surface area contributed by atoms with Crippen LogP contribution in [0.4, 0.5) is 0 Å². The van der Waals surface area contributed by atoms with E-state index >= 15 is 0 Å². The lowest BCUT2D eigenvalue weighted by Crippen LogP contribution is -2.24. The number of hydrogen-bond donors (Lipinski definition) is 0. The van der Waals surface area contributed by atoms with Gasteiger partial charge in [0.05, 0.1) is 0 Å². The molecule has 3 heteroatoms. The van der Waals surface area contributed by atoms with Crippen LogP contribution in [0.1, 0.15) is 66.3 Å². The Morgan fingerprint density at radius 1 is 1.07 bits per heavy atom. The van der Waals surface area contributed by atoms with E-state index in [0.717, 1.165) is 6.42 Å². The monoisotopic (exact) mass is 540 g/mol.